The van der Waals surface area contributed by atoms with E-state index in [2.05, 4.69) is 10.3 Å². The molecule has 3 N–H and O–H groups in total. The number of nitrogens with two attached hydrogens (primary N) is 1. The molecule has 1 heterocycles. The molecule has 2 rings (SSSR count). The third-order valence-electron chi connectivity index (χ3n) is 2.62. The van der Waals surface area contributed by atoms with Crippen molar-refractivity contribution in [2.45, 2.75) is 13.0 Å². The van der Waals surface area contributed by atoms with E-state index in [9.17, 15) is 8.78 Å². The molecule has 0 spiro atoms. The highest BCUT2D eigenvalue weighted by Crippen LogP contribution is 2.28. The number of benzene rings is 1. The van der Waals surface area contributed by atoms with Gasteiger partial charge in [0.05, 0.1) is 23.1 Å². The van der Waals surface area contributed by atoms with Gasteiger partial charge >= 0.3 is 0 Å². The molecular formula is C13H13F2N3. The molecule has 1 aromatic heterocycles. The molecule has 1 unspecified atom stereocenters. The molecule has 1 atom stereocenters. The van der Waals surface area contributed by atoms with Gasteiger partial charge in [-0.3, -0.25) is 4.98 Å². The lowest BCUT2D eigenvalue weighted by Crippen LogP contribution is -2.12. The van der Waals surface area contributed by atoms with Crippen molar-refractivity contribution < 1.29 is 8.78 Å². The minimum absolute atomic E-state index is 0.0341. The molecule has 18 heavy (non-hydrogen) atoms. The molecule has 0 saturated carbocycles. The molecule has 0 aliphatic heterocycles. The van der Waals surface area contributed by atoms with Crippen LogP contribution in [0.25, 0.3) is 0 Å². The highest BCUT2D eigenvalue weighted by molar-refractivity contribution is 5.67. The number of pyridine rings is 1. The molecule has 0 bridgehead atoms. The maximum atomic E-state index is 13.6. The Morgan fingerprint density at radius 1 is 1.22 bits per heavy atom. The Kier molecular flexibility index (Phi) is 3.41. The molecule has 0 radical (unpaired) electrons. The molecule has 3 nitrogen and oxygen atoms in total. The number of hydrogen-bond donors (Lipinski definition) is 2. The zero-order valence-corrected chi connectivity index (χ0v) is 9.82. The first-order chi connectivity index (χ1) is 8.59. The molecule has 2 aromatic rings. The van der Waals surface area contributed by atoms with Crippen molar-refractivity contribution in [3.8, 4) is 0 Å². The number of halogens is 2. The lowest BCUT2D eigenvalue weighted by atomic mass is 10.2. The van der Waals surface area contributed by atoms with Crippen LogP contribution in [0.2, 0.25) is 0 Å². The second kappa shape index (κ2) is 5.00. The van der Waals surface area contributed by atoms with E-state index in [1.54, 1.807) is 25.3 Å². The Morgan fingerprint density at radius 3 is 2.67 bits per heavy atom. The number of hydrogen-bond acceptors (Lipinski definition) is 3. The number of nitrogen functional groups attached to an aromatic ring is 1. The second-order valence-corrected chi connectivity index (χ2v) is 3.95. The van der Waals surface area contributed by atoms with Gasteiger partial charge in [0.15, 0.2) is 11.6 Å². The lowest BCUT2D eigenvalue weighted by Gasteiger charge is -2.17. The van der Waals surface area contributed by atoms with Crippen LogP contribution >= 0.6 is 0 Å². The van der Waals surface area contributed by atoms with Gasteiger partial charge < -0.3 is 11.1 Å². The summed E-state index contributed by atoms with van der Waals surface area (Å²) in [7, 11) is 0. The molecule has 1 aromatic carbocycles. The van der Waals surface area contributed by atoms with E-state index in [1.165, 1.54) is 6.07 Å². The largest absolute Gasteiger partial charge is 0.397 e. The summed E-state index contributed by atoms with van der Waals surface area (Å²) in [4.78, 5) is 4.14. The van der Waals surface area contributed by atoms with E-state index >= 15 is 0 Å². The van der Waals surface area contributed by atoms with Crippen molar-refractivity contribution in [2.24, 2.45) is 0 Å². The Bertz CT molecular complexity index is 543. The summed E-state index contributed by atoms with van der Waals surface area (Å²) in [6, 6.07) is 7.46. The van der Waals surface area contributed by atoms with E-state index in [1.807, 2.05) is 6.07 Å². The van der Waals surface area contributed by atoms with Gasteiger partial charge in [0.25, 0.3) is 0 Å². The Morgan fingerprint density at radius 2 is 2.00 bits per heavy atom. The van der Waals surface area contributed by atoms with Gasteiger partial charge in [-0.15, -0.1) is 0 Å². The number of anilines is 2. The van der Waals surface area contributed by atoms with Gasteiger partial charge in [0.1, 0.15) is 0 Å². The number of rotatable bonds is 3. The van der Waals surface area contributed by atoms with Crippen molar-refractivity contribution >= 4 is 11.4 Å². The van der Waals surface area contributed by atoms with Gasteiger partial charge in [-0.1, -0.05) is 6.07 Å². The van der Waals surface area contributed by atoms with E-state index in [4.69, 9.17) is 5.73 Å². The predicted octanol–water partition coefficient (Wildman–Crippen LogP) is 3.12. The maximum absolute atomic E-state index is 13.6. The summed E-state index contributed by atoms with van der Waals surface area (Å²) in [5, 5.41) is 2.83. The maximum Gasteiger partial charge on any atom is 0.183 e. The first-order valence-corrected chi connectivity index (χ1v) is 5.50. The predicted molar refractivity (Wildman–Crippen MR) is 67.0 cm³/mol. The normalized spacial score (nSPS) is 12.2. The number of nitrogens with one attached hydrogen (secondary N) is 1. The van der Waals surface area contributed by atoms with Crippen molar-refractivity contribution in [3.63, 3.8) is 0 Å². The Labute approximate surface area is 104 Å². The average Bonchev–Trinajstić information content (AvgIpc) is 2.40. The highest BCUT2D eigenvalue weighted by atomic mass is 19.2. The fourth-order valence-electron chi connectivity index (χ4n) is 1.63. The molecule has 5 heteroatoms. The minimum Gasteiger partial charge on any atom is -0.397 e. The third kappa shape index (κ3) is 2.40. The standard InChI is InChI=1S/C13H13F2N3/c1-8(11-4-2-3-7-17-11)18-13-10(16)6-5-9(14)12(13)15/h2-8,18H,16H2,1H3. The summed E-state index contributed by atoms with van der Waals surface area (Å²) in [6.07, 6.45) is 1.64. The Balaban J connectivity index is 2.27. The van der Waals surface area contributed by atoms with E-state index in [-0.39, 0.29) is 17.4 Å². The average molecular weight is 249 g/mol. The van der Waals surface area contributed by atoms with Crippen LogP contribution in [0.4, 0.5) is 20.2 Å². The summed E-state index contributed by atoms with van der Waals surface area (Å²) >= 11 is 0. The summed E-state index contributed by atoms with van der Waals surface area (Å²) in [6.45, 7) is 1.80. The van der Waals surface area contributed by atoms with Crippen LogP contribution < -0.4 is 11.1 Å². The fraction of sp³-hybridized carbons (Fsp3) is 0.154. The SMILES string of the molecule is CC(Nc1c(N)ccc(F)c1F)c1ccccn1. The van der Waals surface area contributed by atoms with Crippen molar-refractivity contribution in [3.05, 3.63) is 53.9 Å². The van der Waals surface area contributed by atoms with Crippen molar-refractivity contribution in [1.29, 1.82) is 0 Å². The van der Waals surface area contributed by atoms with Crippen molar-refractivity contribution in [2.75, 3.05) is 11.1 Å². The second-order valence-electron chi connectivity index (χ2n) is 3.95. The van der Waals surface area contributed by atoms with Crippen LogP contribution in [-0.2, 0) is 0 Å². The highest BCUT2D eigenvalue weighted by Gasteiger charge is 2.15. The van der Waals surface area contributed by atoms with E-state index < -0.39 is 11.6 Å². The van der Waals surface area contributed by atoms with Gasteiger partial charge in [-0.05, 0) is 31.2 Å². The minimum atomic E-state index is -0.974. The first kappa shape index (κ1) is 12.3. The first-order valence-electron chi connectivity index (χ1n) is 5.50. The van der Waals surface area contributed by atoms with Crippen LogP contribution in [0.3, 0.4) is 0 Å². The van der Waals surface area contributed by atoms with E-state index in [0.717, 1.165) is 11.8 Å². The zero-order valence-electron chi connectivity index (χ0n) is 9.82. The molecular weight excluding hydrogens is 236 g/mol. The van der Waals surface area contributed by atoms with Crippen LogP contribution in [0.5, 0.6) is 0 Å². The molecule has 94 valence electrons. The summed E-state index contributed by atoms with van der Waals surface area (Å²) in [5.41, 5.74) is 6.48. The zero-order chi connectivity index (χ0) is 13.1. The molecule has 0 amide bonds. The third-order valence-corrected chi connectivity index (χ3v) is 2.62. The number of nitrogens with zero attached hydrogens (tertiary/aromatic N) is 1. The fourth-order valence-corrected chi connectivity index (χ4v) is 1.63. The lowest BCUT2D eigenvalue weighted by molar-refractivity contribution is 0.510. The summed E-state index contributed by atoms with van der Waals surface area (Å²) < 4.78 is 26.7. The Hall–Kier alpha value is -2.17. The smallest absolute Gasteiger partial charge is 0.183 e. The van der Waals surface area contributed by atoms with Crippen LogP contribution in [-0.4, -0.2) is 4.98 Å². The van der Waals surface area contributed by atoms with Crippen molar-refractivity contribution in [1.82, 2.24) is 4.98 Å². The summed E-state index contributed by atoms with van der Waals surface area (Å²) in [5.74, 6) is -1.90. The van der Waals surface area contributed by atoms with Gasteiger partial charge in [-0.25, -0.2) is 8.78 Å². The van der Waals surface area contributed by atoms with Crippen LogP contribution in [0.1, 0.15) is 18.7 Å². The van der Waals surface area contributed by atoms with Crippen LogP contribution in [0, 0.1) is 11.6 Å². The molecule has 0 aliphatic rings. The number of aromatic nitrogens is 1. The molecule has 0 aliphatic carbocycles. The molecule has 0 saturated heterocycles. The monoisotopic (exact) mass is 249 g/mol. The molecule has 0 fully saturated rings. The van der Waals surface area contributed by atoms with Gasteiger partial charge in [0, 0.05) is 6.20 Å². The van der Waals surface area contributed by atoms with Gasteiger partial charge in [0.2, 0.25) is 0 Å². The quantitative estimate of drug-likeness (QED) is 0.822. The topological polar surface area (TPSA) is 50.9 Å². The van der Waals surface area contributed by atoms with Gasteiger partial charge in [-0.2, -0.15) is 0 Å². The van der Waals surface area contributed by atoms with E-state index in [0.29, 0.717) is 0 Å². The van der Waals surface area contributed by atoms with Crippen LogP contribution in [0.15, 0.2) is 36.5 Å².